The lowest BCUT2D eigenvalue weighted by Gasteiger charge is -2.33. The van der Waals surface area contributed by atoms with E-state index in [-0.39, 0.29) is 0 Å². The Kier molecular flexibility index (Phi) is 0.964. The molecular formula is C10H14. The second-order valence-corrected chi connectivity index (χ2v) is 4.15. The van der Waals surface area contributed by atoms with Crippen molar-refractivity contribution in [3.05, 3.63) is 23.8 Å². The second kappa shape index (κ2) is 1.55. The Labute approximate surface area is 62.6 Å². The maximum absolute atomic E-state index is 2.42. The lowest BCUT2D eigenvalue weighted by Crippen LogP contribution is -2.26. The molecule has 0 aromatic carbocycles. The van der Waals surface area contributed by atoms with Crippen LogP contribution in [0.25, 0.3) is 0 Å². The predicted octanol–water partition coefficient (Wildman–Crippen LogP) is 2.77. The summed E-state index contributed by atoms with van der Waals surface area (Å²) in [5.41, 5.74) is 2.00. The molecule has 2 atom stereocenters. The molecule has 0 aromatic heterocycles. The molecule has 0 nitrogen and oxygen atoms in total. The van der Waals surface area contributed by atoms with Crippen molar-refractivity contribution >= 4 is 0 Å². The van der Waals surface area contributed by atoms with Crippen LogP contribution in [0.3, 0.4) is 0 Å². The molecule has 0 heteroatoms. The van der Waals surface area contributed by atoms with E-state index in [1.165, 1.54) is 0 Å². The Hall–Kier alpha value is -0.520. The zero-order chi connectivity index (χ0) is 7.35. The monoisotopic (exact) mass is 134 g/mol. The van der Waals surface area contributed by atoms with E-state index in [2.05, 4.69) is 39.0 Å². The molecule has 2 rings (SSSR count). The maximum Gasteiger partial charge on any atom is 0.00452 e. The van der Waals surface area contributed by atoms with Crippen LogP contribution in [0, 0.1) is 17.3 Å². The minimum atomic E-state index is 0.434. The lowest BCUT2D eigenvalue weighted by molar-refractivity contribution is 0.305. The van der Waals surface area contributed by atoms with Crippen LogP contribution < -0.4 is 0 Å². The number of hydrogen-bond donors (Lipinski definition) is 0. The van der Waals surface area contributed by atoms with Gasteiger partial charge in [0, 0.05) is 5.92 Å². The fourth-order valence-corrected chi connectivity index (χ4v) is 2.26. The molecule has 2 aliphatic carbocycles. The van der Waals surface area contributed by atoms with Crippen LogP contribution in [0.2, 0.25) is 0 Å². The van der Waals surface area contributed by atoms with E-state index in [0.717, 1.165) is 11.8 Å². The third-order valence-electron chi connectivity index (χ3n) is 2.90. The van der Waals surface area contributed by atoms with Crippen LogP contribution >= 0.6 is 0 Å². The van der Waals surface area contributed by atoms with Crippen LogP contribution in [-0.4, -0.2) is 0 Å². The molecule has 0 aromatic rings. The first kappa shape index (κ1) is 6.21. The van der Waals surface area contributed by atoms with Crippen molar-refractivity contribution in [2.45, 2.75) is 20.8 Å². The van der Waals surface area contributed by atoms with Gasteiger partial charge in [-0.3, -0.25) is 0 Å². The number of rotatable bonds is 0. The van der Waals surface area contributed by atoms with Gasteiger partial charge < -0.3 is 0 Å². The molecular weight excluding hydrogens is 120 g/mol. The van der Waals surface area contributed by atoms with Gasteiger partial charge in [0.25, 0.3) is 0 Å². The van der Waals surface area contributed by atoms with Gasteiger partial charge in [0.1, 0.15) is 0 Å². The summed E-state index contributed by atoms with van der Waals surface area (Å²) in [7, 11) is 0. The van der Waals surface area contributed by atoms with Crippen LogP contribution in [0.4, 0.5) is 0 Å². The Balaban J connectivity index is 2.38. The van der Waals surface area contributed by atoms with E-state index in [0.29, 0.717) is 5.41 Å². The topological polar surface area (TPSA) is 0 Å². The summed E-state index contributed by atoms with van der Waals surface area (Å²) in [5, 5.41) is 0. The first-order valence-electron chi connectivity index (χ1n) is 3.99. The zero-order valence-corrected chi connectivity index (χ0v) is 6.89. The summed E-state index contributed by atoms with van der Waals surface area (Å²) < 4.78 is 0. The highest BCUT2D eigenvalue weighted by Crippen LogP contribution is 2.51. The fourth-order valence-electron chi connectivity index (χ4n) is 2.26. The van der Waals surface area contributed by atoms with Crippen molar-refractivity contribution in [2.24, 2.45) is 17.3 Å². The van der Waals surface area contributed by atoms with Crippen molar-refractivity contribution in [1.82, 2.24) is 0 Å². The molecule has 0 aliphatic heterocycles. The van der Waals surface area contributed by atoms with Gasteiger partial charge in [-0.15, -0.1) is 0 Å². The highest BCUT2D eigenvalue weighted by molar-refractivity contribution is 5.34. The van der Waals surface area contributed by atoms with Crippen LogP contribution in [0.15, 0.2) is 23.8 Å². The molecule has 0 radical (unpaired) electrons. The van der Waals surface area contributed by atoms with Crippen LogP contribution in [0.1, 0.15) is 20.8 Å². The first-order valence-corrected chi connectivity index (χ1v) is 3.99. The molecule has 2 aliphatic rings. The maximum atomic E-state index is 2.42. The highest BCUT2D eigenvalue weighted by Gasteiger charge is 2.41. The molecule has 0 N–H and O–H groups in total. The molecule has 54 valence electrons. The quantitative estimate of drug-likeness (QED) is 0.447. The normalized spacial score (nSPS) is 40.5. The minimum Gasteiger partial charge on any atom is -0.0830 e. The average Bonchev–Trinajstić information content (AvgIpc) is 1.66. The Morgan fingerprint density at radius 3 is 2.20 bits per heavy atom. The fraction of sp³-hybridized carbons (Fsp3) is 0.600. The van der Waals surface area contributed by atoms with E-state index in [1.807, 2.05) is 0 Å². The summed E-state index contributed by atoms with van der Waals surface area (Å²) in [4.78, 5) is 0. The summed E-state index contributed by atoms with van der Waals surface area (Å²) >= 11 is 0. The second-order valence-electron chi connectivity index (χ2n) is 4.15. The van der Waals surface area contributed by atoms with Crippen molar-refractivity contribution in [3.63, 3.8) is 0 Å². The highest BCUT2D eigenvalue weighted by atomic mass is 14.5. The van der Waals surface area contributed by atoms with Crippen molar-refractivity contribution in [3.8, 4) is 0 Å². The molecule has 0 spiro atoms. The van der Waals surface area contributed by atoms with Gasteiger partial charge in [-0.1, -0.05) is 37.6 Å². The van der Waals surface area contributed by atoms with Crippen molar-refractivity contribution < 1.29 is 0 Å². The minimum absolute atomic E-state index is 0.434. The van der Waals surface area contributed by atoms with Gasteiger partial charge in [0.05, 0.1) is 0 Å². The average molecular weight is 134 g/mol. The van der Waals surface area contributed by atoms with Gasteiger partial charge in [-0.05, 0) is 18.3 Å². The molecule has 0 saturated heterocycles. The lowest BCUT2D eigenvalue weighted by atomic mass is 9.71. The molecule has 0 amide bonds. The predicted molar refractivity (Wildman–Crippen MR) is 43.7 cm³/mol. The molecule has 0 heterocycles. The van der Waals surface area contributed by atoms with E-state index >= 15 is 0 Å². The Morgan fingerprint density at radius 1 is 1.30 bits per heavy atom. The molecule has 10 heavy (non-hydrogen) atoms. The molecule has 0 bridgehead atoms. The zero-order valence-electron chi connectivity index (χ0n) is 6.89. The van der Waals surface area contributed by atoms with E-state index < -0.39 is 0 Å². The number of hydrogen-bond acceptors (Lipinski definition) is 0. The Morgan fingerprint density at radius 2 is 2.00 bits per heavy atom. The van der Waals surface area contributed by atoms with Gasteiger partial charge >= 0.3 is 0 Å². The summed E-state index contributed by atoms with van der Waals surface area (Å²) in [6.45, 7) is 6.89. The van der Waals surface area contributed by atoms with E-state index in [4.69, 9.17) is 0 Å². The van der Waals surface area contributed by atoms with Crippen LogP contribution in [0.5, 0.6) is 0 Å². The van der Waals surface area contributed by atoms with Crippen molar-refractivity contribution in [1.29, 1.82) is 0 Å². The van der Waals surface area contributed by atoms with Crippen molar-refractivity contribution in [2.75, 3.05) is 0 Å². The third-order valence-corrected chi connectivity index (χ3v) is 2.90. The van der Waals surface area contributed by atoms with E-state index in [9.17, 15) is 0 Å². The van der Waals surface area contributed by atoms with Gasteiger partial charge in [-0.25, -0.2) is 0 Å². The SMILES string of the molecule is CC1=CC(C)(C)C2C=CC12. The first-order chi connectivity index (χ1) is 4.61. The number of allylic oxidation sites excluding steroid dienone is 4. The molecule has 2 unspecified atom stereocenters. The summed E-state index contributed by atoms with van der Waals surface area (Å²) in [6.07, 6.45) is 7.09. The van der Waals surface area contributed by atoms with Gasteiger partial charge in [-0.2, -0.15) is 0 Å². The van der Waals surface area contributed by atoms with Gasteiger partial charge in [0.15, 0.2) is 0 Å². The molecule has 0 saturated carbocycles. The smallest absolute Gasteiger partial charge is 0.00452 e. The van der Waals surface area contributed by atoms with Crippen LogP contribution in [-0.2, 0) is 0 Å². The van der Waals surface area contributed by atoms with E-state index in [1.54, 1.807) is 5.57 Å². The summed E-state index contributed by atoms with van der Waals surface area (Å²) in [6, 6.07) is 0. The van der Waals surface area contributed by atoms with Gasteiger partial charge in [0.2, 0.25) is 0 Å². The Bertz CT molecular complexity index is 218. The molecule has 0 fully saturated rings. The summed E-state index contributed by atoms with van der Waals surface area (Å²) in [5.74, 6) is 1.60. The third kappa shape index (κ3) is 0.570. The standard InChI is InChI=1S/C10H14/c1-7-6-10(2,3)9-5-4-8(7)9/h4-6,8-9H,1-3H3. The number of fused-ring (bicyclic) bond motifs is 1. The largest absolute Gasteiger partial charge is 0.0830 e.